The molecule has 0 aliphatic heterocycles. The smallest absolute Gasteiger partial charge is 0.139 e. The minimum atomic E-state index is -1.62. The van der Waals surface area contributed by atoms with Crippen LogP contribution >= 0.6 is 0 Å². The van der Waals surface area contributed by atoms with E-state index in [4.69, 9.17) is 26.2 Å². The number of nitrogens with two attached hydrogens (primary N) is 1. The van der Waals surface area contributed by atoms with E-state index in [0.717, 1.165) is 0 Å². The number of rotatable bonds is 5. The molecule has 6 N–H and O–H groups in total. The lowest BCUT2D eigenvalue weighted by Gasteiger charge is -2.23. The Bertz CT molecular complexity index is 142. The Hall–Kier alpha value is -0.530. The standard InChI is InChI=1S/C6H13NO5/c7-3(1-8)5(11)6(12)4(10)2-9/h1,3-6,9-12H,2,7H2/t3-,4+,5-,6-/m1/s1. The van der Waals surface area contributed by atoms with Crippen molar-refractivity contribution in [1.82, 2.24) is 0 Å². The van der Waals surface area contributed by atoms with Crippen molar-refractivity contribution < 1.29 is 25.2 Å². The number of aldehydes is 1. The molecule has 0 saturated carbocycles. The first kappa shape index (κ1) is 11.5. The van der Waals surface area contributed by atoms with Gasteiger partial charge in [0, 0.05) is 0 Å². The first-order valence-corrected chi connectivity index (χ1v) is 3.40. The lowest BCUT2D eigenvalue weighted by molar-refractivity contribution is -0.118. The third-order valence-electron chi connectivity index (χ3n) is 1.48. The van der Waals surface area contributed by atoms with Gasteiger partial charge in [-0.25, -0.2) is 0 Å². The predicted molar refractivity (Wildman–Crippen MR) is 39.1 cm³/mol. The highest BCUT2D eigenvalue weighted by molar-refractivity contribution is 5.58. The third kappa shape index (κ3) is 2.84. The summed E-state index contributed by atoms with van der Waals surface area (Å²) in [6, 6.07) is -1.26. The SMILES string of the molecule is N[C@H](C=O)[C@@H](O)[C@H](O)[C@@H](O)CO. The van der Waals surface area contributed by atoms with Crippen molar-refractivity contribution in [3.05, 3.63) is 0 Å². The van der Waals surface area contributed by atoms with Gasteiger partial charge in [-0.1, -0.05) is 0 Å². The van der Waals surface area contributed by atoms with Gasteiger partial charge in [0.15, 0.2) is 0 Å². The minimum Gasteiger partial charge on any atom is -0.394 e. The summed E-state index contributed by atoms with van der Waals surface area (Å²) in [4.78, 5) is 10.0. The van der Waals surface area contributed by atoms with Crippen molar-refractivity contribution in [1.29, 1.82) is 0 Å². The summed E-state index contributed by atoms with van der Waals surface area (Å²) in [6.07, 6.45) is -4.43. The van der Waals surface area contributed by atoms with Gasteiger partial charge < -0.3 is 31.0 Å². The van der Waals surface area contributed by atoms with E-state index < -0.39 is 31.0 Å². The van der Waals surface area contributed by atoms with Gasteiger partial charge in [-0.3, -0.25) is 0 Å². The molecular weight excluding hydrogens is 166 g/mol. The summed E-state index contributed by atoms with van der Waals surface area (Å²) in [5.74, 6) is 0. The van der Waals surface area contributed by atoms with Crippen LogP contribution < -0.4 is 5.73 Å². The Morgan fingerprint density at radius 2 is 1.75 bits per heavy atom. The van der Waals surface area contributed by atoms with E-state index in [-0.39, 0.29) is 6.29 Å². The van der Waals surface area contributed by atoms with Gasteiger partial charge >= 0.3 is 0 Å². The van der Waals surface area contributed by atoms with Gasteiger partial charge in [-0.2, -0.15) is 0 Å². The second-order valence-corrected chi connectivity index (χ2v) is 2.44. The fourth-order valence-corrected chi connectivity index (χ4v) is 0.644. The molecule has 0 amide bonds. The van der Waals surface area contributed by atoms with E-state index >= 15 is 0 Å². The number of hydrogen-bond donors (Lipinski definition) is 5. The van der Waals surface area contributed by atoms with Crippen LogP contribution in [0, 0.1) is 0 Å². The van der Waals surface area contributed by atoms with E-state index in [1.165, 1.54) is 0 Å². The molecule has 0 aromatic heterocycles. The maximum absolute atomic E-state index is 10.0. The van der Waals surface area contributed by atoms with Crippen LogP contribution in [0.15, 0.2) is 0 Å². The summed E-state index contributed by atoms with van der Waals surface area (Å²) in [5.41, 5.74) is 5.04. The van der Waals surface area contributed by atoms with Crippen molar-refractivity contribution in [2.24, 2.45) is 5.73 Å². The molecule has 12 heavy (non-hydrogen) atoms. The van der Waals surface area contributed by atoms with Crippen LogP contribution in [-0.4, -0.2) is 57.7 Å². The van der Waals surface area contributed by atoms with Crippen LogP contribution in [0.1, 0.15) is 0 Å². The second-order valence-electron chi connectivity index (χ2n) is 2.44. The number of aliphatic hydroxyl groups is 4. The van der Waals surface area contributed by atoms with Crippen molar-refractivity contribution >= 4 is 6.29 Å². The van der Waals surface area contributed by atoms with Crippen molar-refractivity contribution in [3.8, 4) is 0 Å². The summed E-state index contributed by atoms with van der Waals surface area (Å²) in [5, 5.41) is 35.2. The third-order valence-corrected chi connectivity index (χ3v) is 1.48. The molecule has 0 rings (SSSR count). The highest BCUT2D eigenvalue weighted by atomic mass is 16.4. The van der Waals surface area contributed by atoms with Gasteiger partial charge in [0.2, 0.25) is 0 Å². The van der Waals surface area contributed by atoms with Gasteiger partial charge in [0.05, 0.1) is 12.6 Å². The molecule has 0 aliphatic rings. The molecule has 0 unspecified atom stereocenters. The summed E-state index contributed by atoms with van der Waals surface area (Å²) >= 11 is 0. The quantitative estimate of drug-likeness (QED) is 0.280. The van der Waals surface area contributed by atoms with Crippen LogP contribution in [0.5, 0.6) is 0 Å². The van der Waals surface area contributed by atoms with Gasteiger partial charge in [0.25, 0.3) is 0 Å². The molecule has 0 heterocycles. The molecule has 0 spiro atoms. The number of carbonyl (C=O) groups excluding carboxylic acids is 1. The molecule has 0 aromatic rings. The number of carbonyl (C=O) groups is 1. The molecule has 72 valence electrons. The van der Waals surface area contributed by atoms with Crippen LogP contribution in [-0.2, 0) is 4.79 Å². The predicted octanol–water partition coefficient (Wildman–Crippen LogP) is -3.41. The monoisotopic (exact) mass is 179 g/mol. The lowest BCUT2D eigenvalue weighted by atomic mass is 10.0. The van der Waals surface area contributed by atoms with E-state index in [1.54, 1.807) is 0 Å². The molecule has 0 bridgehead atoms. The topological polar surface area (TPSA) is 124 Å². The van der Waals surface area contributed by atoms with E-state index in [1.807, 2.05) is 0 Å². The van der Waals surface area contributed by atoms with Gasteiger partial charge in [0.1, 0.15) is 24.6 Å². The summed E-state index contributed by atoms with van der Waals surface area (Å²) in [7, 11) is 0. The highest BCUT2D eigenvalue weighted by Gasteiger charge is 2.28. The lowest BCUT2D eigenvalue weighted by Crippen LogP contribution is -2.49. The molecule has 6 heteroatoms. The van der Waals surface area contributed by atoms with Crippen LogP contribution in [0.25, 0.3) is 0 Å². The van der Waals surface area contributed by atoms with Crippen molar-refractivity contribution in [2.75, 3.05) is 6.61 Å². The largest absolute Gasteiger partial charge is 0.394 e. The summed E-state index contributed by atoms with van der Waals surface area (Å²) in [6.45, 7) is -0.705. The normalized spacial score (nSPS) is 21.1. The van der Waals surface area contributed by atoms with Crippen LogP contribution in [0.2, 0.25) is 0 Å². The van der Waals surface area contributed by atoms with Gasteiger partial charge in [-0.15, -0.1) is 0 Å². The Kier molecular flexibility index (Phi) is 4.95. The number of hydrogen-bond acceptors (Lipinski definition) is 6. The fourth-order valence-electron chi connectivity index (χ4n) is 0.644. The summed E-state index contributed by atoms with van der Waals surface area (Å²) < 4.78 is 0. The molecule has 0 saturated heterocycles. The van der Waals surface area contributed by atoms with Crippen LogP contribution in [0.3, 0.4) is 0 Å². The zero-order chi connectivity index (χ0) is 9.72. The Balaban J connectivity index is 4.07. The Morgan fingerprint density at radius 1 is 1.25 bits per heavy atom. The zero-order valence-electron chi connectivity index (χ0n) is 6.37. The molecule has 0 radical (unpaired) electrons. The highest BCUT2D eigenvalue weighted by Crippen LogP contribution is 2.01. The maximum atomic E-state index is 10.0. The van der Waals surface area contributed by atoms with E-state index in [9.17, 15) is 4.79 Å². The zero-order valence-corrected chi connectivity index (χ0v) is 6.37. The Morgan fingerprint density at radius 3 is 2.08 bits per heavy atom. The van der Waals surface area contributed by atoms with E-state index in [0.29, 0.717) is 0 Å². The fraction of sp³-hybridized carbons (Fsp3) is 0.833. The van der Waals surface area contributed by atoms with Crippen LogP contribution in [0.4, 0.5) is 0 Å². The van der Waals surface area contributed by atoms with E-state index in [2.05, 4.69) is 0 Å². The van der Waals surface area contributed by atoms with Gasteiger partial charge in [-0.05, 0) is 0 Å². The van der Waals surface area contributed by atoms with Crippen molar-refractivity contribution in [3.63, 3.8) is 0 Å². The average Bonchev–Trinajstić information content (AvgIpc) is 2.12. The molecule has 4 atom stereocenters. The second kappa shape index (κ2) is 5.18. The molecular formula is C6H13NO5. The minimum absolute atomic E-state index is 0.248. The molecule has 0 aliphatic carbocycles. The van der Waals surface area contributed by atoms with Crippen molar-refractivity contribution in [2.45, 2.75) is 24.4 Å². The first-order valence-electron chi connectivity index (χ1n) is 3.40. The molecule has 0 aromatic carbocycles. The first-order chi connectivity index (χ1) is 5.54. The molecule has 6 nitrogen and oxygen atoms in total. The molecule has 0 fully saturated rings. The number of aliphatic hydroxyl groups excluding tert-OH is 4. The maximum Gasteiger partial charge on any atom is 0.139 e. The average molecular weight is 179 g/mol. The Labute approximate surface area is 69.2 Å².